The van der Waals surface area contributed by atoms with Crippen molar-refractivity contribution in [3.63, 3.8) is 0 Å². The first-order valence-corrected chi connectivity index (χ1v) is 8.07. The summed E-state index contributed by atoms with van der Waals surface area (Å²) in [6.07, 6.45) is -0.757. The second-order valence-corrected chi connectivity index (χ2v) is 5.80. The molecule has 0 saturated carbocycles. The number of nitrogens with zero attached hydrogens (tertiary/aromatic N) is 1. The van der Waals surface area contributed by atoms with E-state index in [-0.39, 0.29) is 17.6 Å². The first-order chi connectivity index (χ1) is 12.2. The predicted octanol–water partition coefficient (Wildman–Crippen LogP) is 5.23. The number of aromatic hydroxyl groups is 2. The predicted molar refractivity (Wildman–Crippen MR) is 104 cm³/mol. The first-order valence-electron chi connectivity index (χ1n) is 8.07. The molecule has 2 aromatic rings. The summed E-state index contributed by atoms with van der Waals surface area (Å²) in [7, 11) is 0. The number of allylic oxidation sites excluding steroid dienone is 1. The average Bonchev–Trinajstić information content (AvgIpc) is 2.55. The van der Waals surface area contributed by atoms with E-state index in [4.69, 9.17) is 14.9 Å². The first kappa shape index (κ1) is 20.8. The molecule has 0 bridgehead atoms. The standard InChI is InChI=1S/C15H19NO2.C6H6O2/c1-11(2)13(5)18-15(17)16(12(3)4)14-9-7-6-8-10-14;7-5-2-1-3-6(8)4-5/h6-10,13H,1,3H2,2,4-5H3;1-4,7-8H. The Balaban J connectivity index is 0.000000350. The fourth-order valence-electron chi connectivity index (χ4n) is 1.86. The van der Waals surface area contributed by atoms with Crippen molar-refractivity contribution in [1.29, 1.82) is 0 Å². The summed E-state index contributed by atoms with van der Waals surface area (Å²) in [6.45, 7) is 13.0. The average molecular weight is 355 g/mol. The van der Waals surface area contributed by atoms with E-state index in [0.717, 1.165) is 11.3 Å². The molecule has 0 heterocycles. The zero-order valence-electron chi connectivity index (χ0n) is 15.3. The molecule has 1 amide bonds. The zero-order valence-corrected chi connectivity index (χ0v) is 15.3. The smallest absolute Gasteiger partial charge is 0.419 e. The quantitative estimate of drug-likeness (QED) is 0.737. The van der Waals surface area contributed by atoms with E-state index in [1.165, 1.54) is 23.1 Å². The van der Waals surface area contributed by atoms with Gasteiger partial charge in [-0.2, -0.15) is 0 Å². The van der Waals surface area contributed by atoms with Gasteiger partial charge in [-0.25, -0.2) is 4.79 Å². The van der Waals surface area contributed by atoms with Gasteiger partial charge in [-0.1, -0.05) is 37.4 Å². The van der Waals surface area contributed by atoms with E-state index in [9.17, 15) is 4.79 Å². The largest absolute Gasteiger partial charge is 0.508 e. The molecule has 0 fully saturated rings. The van der Waals surface area contributed by atoms with E-state index in [0.29, 0.717) is 5.70 Å². The minimum Gasteiger partial charge on any atom is -0.508 e. The lowest BCUT2D eigenvalue weighted by Crippen LogP contribution is -2.32. The van der Waals surface area contributed by atoms with E-state index < -0.39 is 6.09 Å². The molecule has 5 nitrogen and oxygen atoms in total. The maximum Gasteiger partial charge on any atom is 0.419 e. The number of benzene rings is 2. The summed E-state index contributed by atoms with van der Waals surface area (Å²) in [5.74, 6) is 0.176. The second kappa shape index (κ2) is 9.93. The van der Waals surface area contributed by atoms with Crippen molar-refractivity contribution in [2.24, 2.45) is 0 Å². The van der Waals surface area contributed by atoms with Gasteiger partial charge in [0, 0.05) is 11.8 Å². The van der Waals surface area contributed by atoms with Crippen LogP contribution < -0.4 is 4.90 Å². The Kier molecular flexibility index (Phi) is 7.96. The van der Waals surface area contributed by atoms with Gasteiger partial charge in [0.05, 0.1) is 5.69 Å². The lowest BCUT2D eigenvalue weighted by Gasteiger charge is -2.24. The molecule has 1 unspecified atom stereocenters. The van der Waals surface area contributed by atoms with Gasteiger partial charge < -0.3 is 14.9 Å². The summed E-state index contributed by atoms with van der Waals surface area (Å²) < 4.78 is 5.32. The topological polar surface area (TPSA) is 70.0 Å². The van der Waals surface area contributed by atoms with E-state index >= 15 is 0 Å². The highest BCUT2D eigenvalue weighted by atomic mass is 16.6. The van der Waals surface area contributed by atoms with Crippen LogP contribution in [-0.2, 0) is 4.74 Å². The van der Waals surface area contributed by atoms with E-state index in [1.807, 2.05) is 37.3 Å². The number of carbonyl (C=O) groups is 1. The maximum atomic E-state index is 12.1. The minimum absolute atomic E-state index is 0.0880. The molecule has 1 atom stereocenters. The lowest BCUT2D eigenvalue weighted by atomic mass is 10.2. The van der Waals surface area contributed by atoms with Crippen LogP contribution in [0.1, 0.15) is 20.8 Å². The lowest BCUT2D eigenvalue weighted by molar-refractivity contribution is 0.131. The number of anilines is 1. The molecule has 26 heavy (non-hydrogen) atoms. The molecule has 0 aromatic heterocycles. The number of amides is 1. The molecule has 2 aromatic carbocycles. The van der Waals surface area contributed by atoms with E-state index in [1.54, 1.807) is 19.9 Å². The van der Waals surface area contributed by atoms with Gasteiger partial charge in [-0.05, 0) is 50.6 Å². The van der Waals surface area contributed by atoms with Crippen LogP contribution in [0.3, 0.4) is 0 Å². The number of ether oxygens (including phenoxy) is 1. The van der Waals surface area contributed by atoms with Crippen molar-refractivity contribution < 1.29 is 19.7 Å². The third-order valence-electron chi connectivity index (χ3n) is 3.38. The maximum absolute atomic E-state index is 12.1. The summed E-state index contributed by atoms with van der Waals surface area (Å²) in [4.78, 5) is 13.5. The monoisotopic (exact) mass is 355 g/mol. The molecule has 0 aliphatic carbocycles. The van der Waals surface area contributed by atoms with Gasteiger partial charge in [-0.15, -0.1) is 0 Å². The van der Waals surface area contributed by atoms with Gasteiger partial charge in [0.15, 0.2) is 0 Å². The van der Waals surface area contributed by atoms with Gasteiger partial charge in [0.2, 0.25) is 0 Å². The van der Waals surface area contributed by atoms with Crippen LogP contribution in [-0.4, -0.2) is 22.4 Å². The SMILES string of the molecule is C=C(C)C(C)OC(=O)N(C(=C)C)c1ccccc1.Oc1cccc(O)c1. The number of phenols is 2. The van der Waals surface area contributed by atoms with Crippen LogP contribution in [0.4, 0.5) is 10.5 Å². The summed E-state index contributed by atoms with van der Waals surface area (Å²) >= 11 is 0. The van der Waals surface area contributed by atoms with Crippen LogP contribution in [0.25, 0.3) is 0 Å². The number of rotatable bonds is 4. The molecule has 0 spiro atoms. The Hall–Kier alpha value is -3.21. The Bertz CT molecular complexity index is 738. The zero-order chi connectivity index (χ0) is 19.7. The molecule has 2 N–H and O–H groups in total. The number of hydrogen-bond donors (Lipinski definition) is 2. The minimum atomic E-state index is -0.441. The number of hydrogen-bond acceptors (Lipinski definition) is 4. The van der Waals surface area contributed by atoms with E-state index in [2.05, 4.69) is 13.2 Å². The van der Waals surface area contributed by atoms with Crippen LogP contribution in [0.5, 0.6) is 11.5 Å². The van der Waals surface area contributed by atoms with Crippen LogP contribution in [0, 0.1) is 0 Å². The number of carbonyl (C=O) groups excluding carboxylic acids is 1. The van der Waals surface area contributed by atoms with Crippen molar-refractivity contribution in [2.75, 3.05) is 4.90 Å². The summed E-state index contributed by atoms with van der Waals surface area (Å²) in [5.41, 5.74) is 2.15. The summed E-state index contributed by atoms with van der Waals surface area (Å²) in [6, 6.07) is 15.1. The van der Waals surface area contributed by atoms with Crippen LogP contribution >= 0.6 is 0 Å². The van der Waals surface area contributed by atoms with Gasteiger partial charge in [0.1, 0.15) is 17.6 Å². The van der Waals surface area contributed by atoms with Crippen LogP contribution in [0.2, 0.25) is 0 Å². The molecule has 138 valence electrons. The fraction of sp³-hybridized carbons (Fsp3) is 0.190. The third kappa shape index (κ3) is 6.73. The van der Waals surface area contributed by atoms with Gasteiger partial charge in [-0.3, -0.25) is 4.90 Å². The van der Waals surface area contributed by atoms with Crippen LogP contribution in [0.15, 0.2) is 79.0 Å². The second-order valence-electron chi connectivity index (χ2n) is 5.80. The van der Waals surface area contributed by atoms with Crippen molar-refractivity contribution in [3.8, 4) is 11.5 Å². The van der Waals surface area contributed by atoms with Crippen molar-refractivity contribution >= 4 is 11.8 Å². The third-order valence-corrected chi connectivity index (χ3v) is 3.38. The number of phenolic OH excluding ortho intramolecular Hbond substituents is 2. The highest BCUT2D eigenvalue weighted by Crippen LogP contribution is 2.20. The fourth-order valence-corrected chi connectivity index (χ4v) is 1.86. The highest BCUT2D eigenvalue weighted by molar-refractivity contribution is 5.90. The Labute approximate surface area is 154 Å². The molecule has 0 radical (unpaired) electrons. The Morgan fingerprint density at radius 1 is 1.00 bits per heavy atom. The Morgan fingerprint density at radius 2 is 1.54 bits per heavy atom. The molecule has 0 saturated heterocycles. The van der Waals surface area contributed by atoms with Gasteiger partial charge >= 0.3 is 6.09 Å². The summed E-state index contributed by atoms with van der Waals surface area (Å²) in [5, 5.41) is 17.3. The molecular formula is C21H25NO4. The van der Waals surface area contributed by atoms with Gasteiger partial charge in [0.25, 0.3) is 0 Å². The molecule has 0 aliphatic heterocycles. The number of para-hydroxylation sites is 1. The van der Waals surface area contributed by atoms with Crippen molar-refractivity contribution in [2.45, 2.75) is 26.9 Å². The normalized spacial score (nSPS) is 10.7. The highest BCUT2D eigenvalue weighted by Gasteiger charge is 2.20. The molecule has 0 aliphatic rings. The molecule has 5 heteroatoms. The molecular weight excluding hydrogens is 330 g/mol. The van der Waals surface area contributed by atoms with Crippen molar-refractivity contribution in [3.05, 3.63) is 79.0 Å². The van der Waals surface area contributed by atoms with Crippen molar-refractivity contribution in [1.82, 2.24) is 0 Å². The Morgan fingerprint density at radius 3 is 1.92 bits per heavy atom. The molecule has 2 rings (SSSR count).